The standard InChI is InChI=1S/C31H30FN5O2S/c1-19(36-22-4-2-21(32)3-5-22)31(11-12-31)29(38)37-27-7-6-23(18-34-27)39-26-8-13-33-25-15-24(40-28(25)26)14-20-16-30(9-10-30)35-17-20/h2-8,13,15,18,20,35-36H,1,9-12,14,16-17H2,(H,34,37,38). The number of benzene rings is 1. The van der Waals surface area contributed by atoms with Crippen LogP contribution < -0.4 is 20.7 Å². The topological polar surface area (TPSA) is 88.2 Å². The number of carbonyl (C=O) groups is 1. The molecule has 2 saturated carbocycles. The van der Waals surface area contributed by atoms with Crippen molar-refractivity contribution in [1.82, 2.24) is 15.3 Å². The Balaban J connectivity index is 0.990. The molecule has 1 atom stereocenters. The predicted octanol–water partition coefficient (Wildman–Crippen LogP) is 6.65. The van der Waals surface area contributed by atoms with Gasteiger partial charge in [0, 0.05) is 34.1 Å². The molecule has 40 heavy (non-hydrogen) atoms. The fourth-order valence-electron chi connectivity index (χ4n) is 5.66. The molecule has 0 bridgehead atoms. The predicted molar refractivity (Wildman–Crippen MR) is 155 cm³/mol. The molecular weight excluding hydrogens is 525 g/mol. The Hall–Kier alpha value is -3.82. The third-order valence-corrected chi connectivity index (χ3v) is 9.48. The summed E-state index contributed by atoms with van der Waals surface area (Å²) in [5, 5.41) is 9.77. The summed E-state index contributed by atoms with van der Waals surface area (Å²) in [4.78, 5) is 23.4. The average Bonchev–Trinajstić information content (AvgIpc) is 3.83. The molecule has 3 aromatic heterocycles. The lowest BCUT2D eigenvalue weighted by Gasteiger charge is -2.19. The minimum Gasteiger partial charge on any atom is -0.454 e. The van der Waals surface area contributed by atoms with Gasteiger partial charge in [0.15, 0.2) is 0 Å². The molecule has 1 aromatic carbocycles. The number of thiophene rings is 1. The number of halogens is 1. The monoisotopic (exact) mass is 555 g/mol. The lowest BCUT2D eigenvalue weighted by atomic mass is 10.00. The first-order valence-corrected chi connectivity index (χ1v) is 14.5. The van der Waals surface area contributed by atoms with Crippen molar-refractivity contribution < 1.29 is 13.9 Å². The van der Waals surface area contributed by atoms with E-state index in [0.29, 0.717) is 47.3 Å². The van der Waals surface area contributed by atoms with Crippen LogP contribution in [0.25, 0.3) is 10.2 Å². The minimum absolute atomic E-state index is 0.166. The van der Waals surface area contributed by atoms with Gasteiger partial charge < -0.3 is 20.7 Å². The Morgan fingerprint density at radius 1 is 1.10 bits per heavy atom. The summed E-state index contributed by atoms with van der Waals surface area (Å²) in [6.07, 6.45) is 9.73. The van der Waals surface area contributed by atoms with Gasteiger partial charge in [-0.25, -0.2) is 9.37 Å². The maximum Gasteiger partial charge on any atom is 0.237 e. The van der Waals surface area contributed by atoms with Crippen molar-refractivity contribution in [2.75, 3.05) is 17.2 Å². The molecule has 3 N–H and O–H groups in total. The third-order valence-electron chi connectivity index (χ3n) is 8.32. The number of pyridine rings is 2. The maximum absolute atomic E-state index is 13.2. The van der Waals surface area contributed by atoms with Crippen molar-refractivity contribution in [1.29, 1.82) is 0 Å². The van der Waals surface area contributed by atoms with Gasteiger partial charge in [-0.2, -0.15) is 0 Å². The molecule has 9 heteroatoms. The Morgan fingerprint density at radius 2 is 1.93 bits per heavy atom. The zero-order valence-corrected chi connectivity index (χ0v) is 22.8. The van der Waals surface area contributed by atoms with Crippen LogP contribution in [-0.4, -0.2) is 28.0 Å². The van der Waals surface area contributed by atoms with Gasteiger partial charge in [-0.3, -0.25) is 9.78 Å². The second-order valence-corrected chi connectivity index (χ2v) is 12.4. The van der Waals surface area contributed by atoms with Crippen LogP contribution in [-0.2, 0) is 11.2 Å². The van der Waals surface area contributed by atoms with E-state index in [1.165, 1.54) is 36.3 Å². The highest BCUT2D eigenvalue weighted by molar-refractivity contribution is 7.19. The molecule has 7 nitrogen and oxygen atoms in total. The molecule has 2 aliphatic carbocycles. The zero-order chi connectivity index (χ0) is 27.3. The molecule has 1 saturated heterocycles. The van der Waals surface area contributed by atoms with E-state index >= 15 is 0 Å². The number of hydrogen-bond acceptors (Lipinski definition) is 7. The first kappa shape index (κ1) is 25.2. The SMILES string of the molecule is C=C(Nc1ccc(F)cc1)C1(C(=O)Nc2ccc(Oc3ccnc4cc(CC5CNC6(CC6)C5)sc34)cn2)CC1. The highest BCUT2D eigenvalue weighted by Crippen LogP contribution is 2.52. The smallest absolute Gasteiger partial charge is 0.237 e. The van der Waals surface area contributed by atoms with Gasteiger partial charge in [-0.1, -0.05) is 6.58 Å². The molecule has 3 aliphatic rings. The zero-order valence-electron chi connectivity index (χ0n) is 22.0. The quantitative estimate of drug-likeness (QED) is 0.214. The fourth-order valence-corrected chi connectivity index (χ4v) is 6.84. The highest BCUT2D eigenvalue weighted by Gasteiger charge is 2.52. The summed E-state index contributed by atoms with van der Waals surface area (Å²) in [5.74, 6) is 1.97. The van der Waals surface area contributed by atoms with Crippen LogP contribution in [0.5, 0.6) is 11.5 Å². The van der Waals surface area contributed by atoms with Gasteiger partial charge in [0.05, 0.1) is 21.8 Å². The molecule has 1 amide bonds. The summed E-state index contributed by atoms with van der Waals surface area (Å²) in [6, 6.07) is 13.6. The van der Waals surface area contributed by atoms with Crippen LogP contribution in [0.2, 0.25) is 0 Å². The number of ether oxygens (including phenoxy) is 1. The van der Waals surface area contributed by atoms with Gasteiger partial charge in [-0.05, 0) is 93.5 Å². The fraction of sp³-hybridized carbons (Fsp3) is 0.323. The normalized spacial score (nSPS) is 19.9. The summed E-state index contributed by atoms with van der Waals surface area (Å²) in [5.41, 5.74) is 1.96. The Bertz CT molecular complexity index is 1590. The molecule has 1 spiro atoms. The van der Waals surface area contributed by atoms with Crippen molar-refractivity contribution in [2.45, 2.75) is 44.1 Å². The number of carbonyl (C=O) groups excluding carboxylic acids is 1. The van der Waals surface area contributed by atoms with Crippen molar-refractivity contribution >= 4 is 39.0 Å². The molecule has 4 heterocycles. The summed E-state index contributed by atoms with van der Waals surface area (Å²) in [6.45, 7) is 5.18. The number of fused-ring (bicyclic) bond motifs is 1. The number of rotatable bonds is 9. The third kappa shape index (κ3) is 4.95. The average molecular weight is 556 g/mol. The number of hydrogen-bond donors (Lipinski definition) is 3. The highest BCUT2D eigenvalue weighted by atomic mass is 32.1. The molecule has 7 rings (SSSR count). The van der Waals surface area contributed by atoms with Crippen LogP contribution in [0.3, 0.4) is 0 Å². The van der Waals surface area contributed by atoms with Gasteiger partial charge in [0.1, 0.15) is 23.1 Å². The first-order chi connectivity index (χ1) is 19.4. The number of aromatic nitrogens is 2. The van der Waals surface area contributed by atoms with E-state index in [9.17, 15) is 9.18 Å². The Labute approximate surface area is 235 Å². The molecule has 4 aromatic rings. The van der Waals surface area contributed by atoms with Gasteiger partial charge in [0.2, 0.25) is 5.91 Å². The van der Waals surface area contributed by atoms with Crippen molar-refractivity contribution in [3.8, 4) is 11.5 Å². The van der Waals surface area contributed by atoms with E-state index in [0.717, 1.165) is 28.9 Å². The van der Waals surface area contributed by atoms with E-state index < -0.39 is 5.41 Å². The van der Waals surface area contributed by atoms with Crippen molar-refractivity contribution in [2.24, 2.45) is 11.3 Å². The molecule has 1 unspecified atom stereocenters. The van der Waals surface area contributed by atoms with E-state index in [1.54, 1.807) is 48.0 Å². The number of anilines is 2. The molecule has 3 fully saturated rings. The maximum atomic E-state index is 13.2. The molecule has 204 valence electrons. The molecular formula is C31H30FN5O2S. The summed E-state index contributed by atoms with van der Waals surface area (Å²) in [7, 11) is 0. The van der Waals surface area contributed by atoms with Gasteiger partial charge in [0.25, 0.3) is 0 Å². The van der Waals surface area contributed by atoms with Crippen LogP contribution in [0, 0.1) is 17.2 Å². The van der Waals surface area contributed by atoms with Gasteiger partial charge >= 0.3 is 0 Å². The number of nitrogens with zero attached hydrogens (tertiary/aromatic N) is 2. The van der Waals surface area contributed by atoms with Crippen LogP contribution >= 0.6 is 11.3 Å². The Kier molecular flexibility index (Phi) is 6.09. The van der Waals surface area contributed by atoms with Gasteiger partial charge in [-0.15, -0.1) is 11.3 Å². The lowest BCUT2D eigenvalue weighted by Crippen LogP contribution is -2.28. The van der Waals surface area contributed by atoms with E-state index in [4.69, 9.17) is 4.74 Å². The summed E-state index contributed by atoms with van der Waals surface area (Å²) >= 11 is 1.75. The number of nitrogens with one attached hydrogen (secondary N) is 3. The van der Waals surface area contributed by atoms with Crippen LogP contribution in [0.1, 0.15) is 37.0 Å². The largest absolute Gasteiger partial charge is 0.454 e. The van der Waals surface area contributed by atoms with Crippen LogP contribution in [0.15, 0.2) is 73.2 Å². The van der Waals surface area contributed by atoms with E-state index in [2.05, 4.69) is 38.6 Å². The lowest BCUT2D eigenvalue weighted by molar-refractivity contribution is -0.119. The van der Waals surface area contributed by atoms with Crippen LogP contribution in [0.4, 0.5) is 15.9 Å². The molecule has 1 aliphatic heterocycles. The van der Waals surface area contributed by atoms with Crippen molar-refractivity contribution in [3.63, 3.8) is 0 Å². The van der Waals surface area contributed by atoms with Crippen molar-refractivity contribution in [3.05, 3.63) is 83.9 Å². The number of amides is 1. The Morgan fingerprint density at radius 3 is 2.62 bits per heavy atom. The minimum atomic E-state index is -0.710. The first-order valence-electron chi connectivity index (χ1n) is 13.7. The van der Waals surface area contributed by atoms with E-state index in [-0.39, 0.29) is 11.7 Å². The molecule has 0 radical (unpaired) electrons. The second kappa shape index (κ2) is 9.67. The summed E-state index contributed by atoms with van der Waals surface area (Å²) < 4.78 is 20.5. The van der Waals surface area contributed by atoms with E-state index in [1.807, 2.05) is 6.07 Å². The second-order valence-electron chi connectivity index (χ2n) is 11.3.